The van der Waals surface area contributed by atoms with Gasteiger partial charge in [-0.3, -0.25) is 0 Å². The molecule has 0 aliphatic heterocycles. The third-order valence-electron chi connectivity index (χ3n) is 2.71. The Labute approximate surface area is 102 Å². The molecule has 14 heavy (non-hydrogen) atoms. The van der Waals surface area contributed by atoms with E-state index in [1.807, 2.05) is 0 Å². The molecule has 0 atom stereocenters. The van der Waals surface area contributed by atoms with Crippen molar-refractivity contribution in [2.24, 2.45) is 0 Å². The molecule has 0 saturated heterocycles. The summed E-state index contributed by atoms with van der Waals surface area (Å²) in [4.78, 5) is 0. The van der Waals surface area contributed by atoms with E-state index in [1.54, 1.807) is 21.7 Å². The molecule has 0 radical (unpaired) electrons. The standard InChI is InChI=1S/C12H20P.Li/c1-5-9-10(6-2)12(8-4)13-11(9)7-3;/h5-8H2,1-4H3;/q-1;+1. The van der Waals surface area contributed by atoms with Crippen molar-refractivity contribution in [1.82, 2.24) is 0 Å². The molecule has 0 unspecified atom stereocenters. The maximum atomic E-state index is 2.29. The van der Waals surface area contributed by atoms with E-state index in [9.17, 15) is 0 Å². The molecule has 0 bridgehead atoms. The molecule has 0 fully saturated rings. The summed E-state index contributed by atoms with van der Waals surface area (Å²) in [5, 5.41) is 3.35. The average molecular weight is 202 g/mol. The van der Waals surface area contributed by atoms with Crippen LogP contribution in [-0.4, -0.2) is 0 Å². The number of hydrogen-bond acceptors (Lipinski definition) is 0. The van der Waals surface area contributed by atoms with Crippen LogP contribution >= 0.6 is 8.19 Å². The zero-order valence-electron chi connectivity index (χ0n) is 10.3. The van der Waals surface area contributed by atoms with Gasteiger partial charge in [-0.05, 0) is 12.8 Å². The third-order valence-corrected chi connectivity index (χ3v) is 4.42. The van der Waals surface area contributed by atoms with Crippen molar-refractivity contribution in [1.29, 1.82) is 0 Å². The maximum absolute atomic E-state index is 2.29. The van der Waals surface area contributed by atoms with Crippen LogP contribution in [-0.2, 0) is 25.7 Å². The summed E-state index contributed by atoms with van der Waals surface area (Å²) in [6.07, 6.45) is 4.92. The van der Waals surface area contributed by atoms with Crippen LogP contribution in [0.2, 0.25) is 0 Å². The van der Waals surface area contributed by atoms with Crippen molar-refractivity contribution in [2.45, 2.75) is 53.4 Å². The number of hydrogen-bond donors (Lipinski definition) is 0. The Hall–Kier alpha value is 0.377. The Morgan fingerprint density at radius 3 is 1.29 bits per heavy atom. The van der Waals surface area contributed by atoms with E-state index in [0.29, 0.717) is 0 Å². The van der Waals surface area contributed by atoms with Gasteiger partial charge in [0.15, 0.2) is 0 Å². The van der Waals surface area contributed by atoms with Gasteiger partial charge in [-0.15, -0.1) is 0 Å². The van der Waals surface area contributed by atoms with Crippen LogP contribution in [0.3, 0.4) is 0 Å². The molecule has 74 valence electrons. The van der Waals surface area contributed by atoms with Gasteiger partial charge in [0.25, 0.3) is 0 Å². The van der Waals surface area contributed by atoms with Crippen LogP contribution in [0.1, 0.15) is 49.4 Å². The number of rotatable bonds is 4. The van der Waals surface area contributed by atoms with E-state index < -0.39 is 0 Å². The van der Waals surface area contributed by atoms with Crippen LogP contribution in [0.4, 0.5) is 0 Å². The normalized spacial score (nSPS) is 10.0. The first-order valence-corrected chi connectivity index (χ1v) is 6.33. The quantitative estimate of drug-likeness (QED) is 0.644. The monoisotopic (exact) mass is 202 g/mol. The van der Waals surface area contributed by atoms with Crippen LogP contribution in [0.15, 0.2) is 0 Å². The molecule has 2 heteroatoms. The summed E-state index contributed by atoms with van der Waals surface area (Å²) >= 11 is 0. The molecular formula is C12H20LiP. The van der Waals surface area contributed by atoms with Crippen molar-refractivity contribution in [2.75, 3.05) is 0 Å². The first-order chi connectivity index (χ1) is 6.28. The zero-order valence-corrected chi connectivity index (χ0v) is 11.2. The van der Waals surface area contributed by atoms with Crippen LogP contribution in [0.25, 0.3) is 0 Å². The Morgan fingerprint density at radius 1 is 0.714 bits per heavy atom. The van der Waals surface area contributed by atoms with E-state index in [2.05, 4.69) is 27.7 Å². The molecule has 0 amide bonds. The van der Waals surface area contributed by atoms with Gasteiger partial charge in [0.2, 0.25) is 0 Å². The zero-order chi connectivity index (χ0) is 9.84. The van der Waals surface area contributed by atoms with E-state index in [0.717, 1.165) is 0 Å². The molecule has 1 aromatic rings. The fourth-order valence-corrected chi connectivity index (χ4v) is 3.56. The predicted octanol–water partition coefficient (Wildman–Crippen LogP) is 1.24. The van der Waals surface area contributed by atoms with Gasteiger partial charge in [-0.1, -0.05) is 51.7 Å². The Morgan fingerprint density at radius 2 is 1.07 bits per heavy atom. The van der Waals surface area contributed by atoms with Gasteiger partial charge in [-0.2, -0.15) is 0 Å². The molecule has 0 aromatic carbocycles. The Bertz CT molecular complexity index is 250. The van der Waals surface area contributed by atoms with Crippen LogP contribution in [0.5, 0.6) is 0 Å². The second-order valence-electron chi connectivity index (χ2n) is 3.38. The summed E-state index contributed by atoms with van der Waals surface area (Å²) in [5.74, 6) is 0. The Balaban J connectivity index is 0.00000169. The van der Waals surface area contributed by atoms with Gasteiger partial charge in [0.05, 0.1) is 0 Å². The smallest absolute Gasteiger partial charge is 0.524 e. The van der Waals surface area contributed by atoms with Crippen LogP contribution in [0, 0.1) is 0 Å². The van der Waals surface area contributed by atoms with Gasteiger partial charge in [-0.25, -0.2) is 10.6 Å². The summed E-state index contributed by atoms with van der Waals surface area (Å²) in [5.41, 5.74) is 3.34. The van der Waals surface area contributed by atoms with Gasteiger partial charge in [0.1, 0.15) is 0 Å². The molecule has 0 N–H and O–H groups in total. The van der Waals surface area contributed by atoms with Crippen molar-refractivity contribution in [3.8, 4) is 0 Å². The molecular weight excluding hydrogens is 182 g/mol. The third kappa shape index (κ3) is 2.70. The average Bonchev–Trinajstić information content (AvgIpc) is 2.54. The second kappa shape index (κ2) is 6.79. The van der Waals surface area contributed by atoms with E-state index in [4.69, 9.17) is 0 Å². The van der Waals surface area contributed by atoms with E-state index in [-0.39, 0.29) is 18.9 Å². The number of aryl methyl sites for hydroxylation is 2. The molecule has 1 aromatic heterocycles. The van der Waals surface area contributed by atoms with Crippen LogP contribution < -0.4 is 18.9 Å². The first kappa shape index (κ1) is 14.4. The molecule has 0 spiro atoms. The summed E-state index contributed by atoms with van der Waals surface area (Å²) in [7, 11) is 1.53. The minimum absolute atomic E-state index is 0. The van der Waals surface area contributed by atoms with Crippen molar-refractivity contribution in [3.05, 3.63) is 21.7 Å². The molecule has 1 heterocycles. The minimum Gasteiger partial charge on any atom is -0.524 e. The largest absolute Gasteiger partial charge is 1.00 e. The van der Waals surface area contributed by atoms with E-state index >= 15 is 0 Å². The fraction of sp³-hybridized carbons (Fsp3) is 0.667. The summed E-state index contributed by atoms with van der Waals surface area (Å²) < 4.78 is 0. The maximum Gasteiger partial charge on any atom is 1.00 e. The summed E-state index contributed by atoms with van der Waals surface area (Å²) in [6.45, 7) is 9.14. The molecule has 0 saturated carbocycles. The van der Waals surface area contributed by atoms with Crippen molar-refractivity contribution >= 4 is 8.19 Å². The Kier molecular flexibility index (Phi) is 6.97. The van der Waals surface area contributed by atoms with Gasteiger partial charge in [0, 0.05) is 0 Å². The SMILES string of the molecule is CCc1[p-]c(CC)c(CC)c1CC.[Li+]. The first-order valence-electron chi connectivity index (χ1n) is 5.44. The van der Waals surface area contributed by atoms with Crippen molar-refractivity contribution in [3.63, 3.8) is 0 Å². The van der Waals surface area contributed by atoms with Gasteiger partial charge >= 0.3 is 18.9 Å². The molecule has 0 nitrogen and oxygen atoms in total. The summed E-state index contributed by atoms with van der Waals surface area (Å²) in [6, 6.07) is 0. The van der Waals surface area contributed by atoms with Crippen molar-refractivity contribution < 1.29 is 18.9 Å². The predicted molar refractivity (Wildman–Crippen MR) is 62.1 cm³/mol. The fourth-order valence-electron chi connectivity index (χ4n) is 2.07. The molecule has 0 aliphatic rings. The minimum atomic E-state index is 0. The molecule has 0 aliphatic carbocycles. The molecule has 1 rings (SSSR count). The van der Waals surface area contributed by atoms with E-state index in [1.165, 1.54) is 33.9 Å². The second-order valence-corrected chi connectivity index (χ2v) is 4.68. The van der Waals surface area contributed by atoms with Gasteiger partial charge < -0.3 is 8.19 Å². The topological polar surface area (TPSA) is 0 Å².